The molecule has 0 unspecified atom stereocenters. The van der Waals surface area contributed by atoms with Gasteiger partial charge in [-0.1, -0.05) is 24.3 Å². The average molecular weight is 482 g/mol. The molecule has 0 spiro atoms. The number of ether oxygens (including phenoxy) is 1. The normalized spacial score (nSPS) is 10.8. The van der Waals surface area contributed by atoms with Crippen molar-refractivity contribution in [2.75, 3.05) is 10.6 Å². The first kappa shape index (κ1) is 22.7. The molecule has 4 N–H and O–H groups in total. The van der Waals surface area contributed by atoms with Gasteiger partial charge in [0.05, 0.1) is 11.4 Å². The highest BCUT2D eigenvalue weighted by molar-refractivity contribution is 5.99. The number of rotatable bonds is 6. The Morgan fingerprint density at radius 1 is 1.03 bits per heavy atom. The van der Waals surface area contributed by atoms with Crippen molar-refractivity contribution >= 4 is 34.3 Å². The summed E-state index contributed by atoms with van der Waals surface area (Å²) in [6, 6.07) is 17.7. The number of fused-ring (bicyclic) bond motifs is 1. The van der Waals surface area contributed by atoms with E-state index in [2.05, 4.69) is 37.3 Å². The molecule has 180 valence electrons. The van der Waals surface area contributed by atoms with Gasteiger partial charge in [0.1, 0.15) is 17.1 Å². The van der Waals surface area contributed by atoms with E-state index in [1.165, 1.54) is 0 Å². The number of pyridine rings is 1. The van der Waals surface area contributed by atoms with E-state index in [-0.39, 0.29) is 5.69 Å². The summed E-state index contributed by atoms with van der Waals surface area (Å²) in [5.74, 6) is 1.49. The fourth-order valence-corrected chi connectivity index (χ4v) is 3.57. The van der Waals surface area contributed by atoms with Gasteiger partial charge in [-0.05, 0) is 55.8 Å². The van der Waals surface area contributed by atoms with Gasteiger partial charge in [0, 0.05) is 24.0 Å². The van der Waals surface area contributed by atoms with Crippen LogP contribution in [0.4, 0.5) is 16.3 Å². The molecule has 36 heavy (non-hydrogen) atoms. The van der Waals surface area contributed by atoms with Crippen molar-refractivity contribution < 1.29 is 9.53 Å². The van der Waals surface area contributed by atoms with Crippen LogP contribution < -0.4 is 21.1 Å². The lowest BCUT2D eigenvalue weighted by molar-refractivity contribution is 0.262. The minimum Gasteiger partial charge on any atom is -0.455 e. The summed E-state index contributed by atoms with van der Waals surface area (Å²) in [5.41, 5.74) is 4.50. The van der Waals surface area contributed by atoms with Gasteiger partial charge in [-0.3, -0.25) is 10.3 Å². The van der Waals surface area contributed by atoms with Crippen LogP contribution in [0.25, 0.3) is 22.4 Å². The second-order valence-electron chi connectivity index (χ2n) is 8.26. The zero-order valence-corrected chi connectivity index (χ0v) is 19.6. The van der Waals surface area contributed by atoms with Crippen LogP contribution in [0.1, 0.15) is 18.2 Å². The summed E-state index contributed by atoms with van der Waals surface area (Å²) in [6.45, 7) is 7.82. The molecule has 3 heterocycles. The van der Waals surface area contributed by atoms with Crippen molar-refractivity contribution in [2.24, 2.45) is 0 Å². The molecule has 10 nitrogen and oxygen atoms in total. The summed E-state index contributed by atoms with van der Waals surface area (Å²) in [4.78, 5) is 33.7. The smallest absolute Gasteiger partial charge is 0.325 e. The molecule has 5 rings (SSSR count). The summed E-state index contributed by atoms with van der Waals surface area (Å²) in [7, 11) is 0. The van der Waals surface area contributed by atoms with Crippen molar-refractivity contribution in [1.82, 2.24) is 24.7 Å². The lowest BCUT2D eigenvalue weighted by Gasteiger charge is -2.11. The van der Waals surface area contributed by atoms with Crippen LogP contribution in [0.5, 0.6) is 11.5 Å². The van der Waals surface area contributed by atoms with Crippen LogP contribution in [0, 0.1) is 6.92 Å². The standard InChI is InChI=1S/C26H23N7O3/c1-15(2)20-14-22(33(32-20)18-8-4-16(3)5-9-18)29-25(34)28-17-6-10-19(11-7-17)36-21-12-13-27-24-23(21)30-26(35)31-24/h4-14H,1H2,2-3H3,(H2,28,29,34)(H2,27,30,31,35). The first-order valence-electron chi connectivity index (χ1n) is 11.1. The van der Waals surface area contributed by atoms with Crippen LogP contribution >= 0.6 is 0 Å². The second-order valence-corrected chi connectivity index (χ2v) is 8.26. The summed E-state index contributed by atoms with van der Waals surface area (Å²) in [5, 5.41) is 10.2. The van der Waals surface area contributed by atoms with Gasteiger partial charge in [0.15, 0.2) is 11.4 Å². The average Bonchev–Trinajstić information content (AvgIpc) is 3.44. The molecule has 0 saturated heterocycles. The fraction of sp³-hybridized carbons (Fsp3) is 0.0769. The highest BCUT2D eigenvalue weighted by Gasteiger charge is 2.14. The Balaban J connectivity index is 1.30. The maximum absolute atomic E-state index is 12.8. The summed E-state index contributed by atoms with van der Waals surface area (Å²) < 4.78 is 7.55. The Labute approximate surface area is 205 Å². The predicted molar refractivity (Wildman–Crippen MR) is 139 cm³/mol. The van der Waals surface area contributed by atoms with Gasteiger partial charge in [-0.2, -0.15) is 5.10 Å². The summed E-state index contributed by atoms with van der Waals surface area (Å²) in [6.07, 6.45) is 1.54. The van der Waals surface area contributed by atoms with Gasteiger partial charge in [-0.25, -0.2) is 19.3 Å². The largest absolute Gasteiger partial charge is 0.455 e. The number of benzene rings is 2. The number of amides is 2. The molecule has 0 fully saturated rings. The number of allylic oxidation sites excluding steroid dienone is 1. The molecule has 0 radical (unpaired) electrons. The van der Waals surface area contributed by atoms with E-state index in [0.29, 0.717) is 39.9 Å². The highest BCUT2D eigenvalue weighted by atomic mass is 16.5. The van der Waals surface area contributed by atoms with Crippen molar-refractivity contribution in [3.05, 3.63) is 95.2 Å². The number of hydrogen-bond acceptors (Lipinski definition) is 5. The molecule has 0 aliphatic rings. The Morgan fingerprint density at radius 2 is 1.78 bits per heavy atom. The molecular formula is C26H23N7O3. The molecule has 2 amide bonds. The molecule has 3 aromatic heterocycles. The molecule has 5 aromatic rings. The number of aryl methyl sites for hydroxylation is 1. The van der Waals surface area contributed by atoms with Crippen molar-refractivity contribution in [1.29, 1.82) is 0 Å². The number of aromatic amines is 2. The van der Waals surface area contributed by atoms with Crippen molar-refractivity contribution in [3.8, 4) is 17.2 Å². The fourth-order valence-electron chi connectivity index (χ4n) is 3.57. The third-order valence-corrected chi connectivity index (χ3v) is 5.39. The van der Waals surface area contributed by atoms with Gasteiger partial charge in [-0.15, -0.1) is 0 Å². The van der Waals surface area contributed by atoms with Crippen LogP contribution in [-0.4, -0.2) is 30.8 Å². The molecule has 0 aliphatic heterocycles. The number of imidazole rings is 1. The third-order valence-electron chi connectivity index (χ3n) is 5.39. The lowest BCUT2D eigenvalue weighted by Crippen LogP contribution is -2.21. The maximum atomic E-state index is 12.8. The number of anilines is 2. The van der Waals surface area contributed by atoms with Gasteiger partial charge in [0.25, 0.3) is 0 Å². The minimum atomic E-state index is -0.425. The number of carbonyl (C=O) groups is 1. The molecule has 10 heteroatoms. The Morgan fingerprint density at radius 3 is 2.50 bits per heavy atom. The van der Waals surface area contributed by atoms with Crippen LogP contribution in [0.2, 0.25) is 0 Å². The minimum absolute atomic E-state index is 0.363. The zero-order valence-electron chi connectivity index (χ0n) is 19.6. The lowest BCUT2D eigenvalue weighted by atomic mass is 10.2. The quantitative estimate of drug-likeness (QED) is 0.264. The second kappa shape index (κ2) is 9.26. The van der Waals surface area contributed by atoms with E-state index < -0.39 is 6.03 Å². The summed E-state index contributed by atoms with van der Waals surface area (Å²) >= 11 is 0. The van der Waals surface area contributed by atoms with Gasteiger partial charge in [0.2, 0.25) is 0 Å². The van der Waals surface area contributed by atoms with Crippen molar-refractivity contribution in [2.45, 2.75) is 13.8 Å². The zero-order chi connectivity index (χ0) is 25.2. The number of nitrogens with zero attached hydrogens (tertiary/aromatic N) is 3. The molecular weight excluding hydrogens is 458 g/mol. The first-order chi connectivity index (χ1) is 17.4. The maximum Gasteiger partial charge on any atom is 0.325 e. The van der Waals surface area contributed by atoms with E-state index >= 15 is 0 Å². The van der Waals surface area contributed by atoms with Gasteiger partial charge >= 0.3 is 11.7 Å². The highest BCUT2D eigenvalue weighted by Crippen LogP contribution is 2.27. The van der Waals surface area contributed by atoms with Crippen LogP contribution in [0.3, 0.4) is 0 Å². The number of hydrogen-bond donors (Lipinski definition) is 4. The third kappa shape index (κ3) is 4.73. The monoisotopic (exact) mass is 481 g/mol. The Kier molecular flexibility index (Phi) is 5.83. The molecule has 0 saturated carbocycles. The SMILES string of the molecule is C=C(C)c1cc(NC(=O)Nc2ccc(Oc3ccnc4[nH]c(=O)[nH]c34)cc2)n(-c2ccc(C)cc2)n1. The van der Waals surface area contributed by atoms with E-state index in [9.17, 15) is 9.59 Å². The van der Waals surface area contributed by atoms with E-state index in [4.69, 9.17) is 4.74 Å². The molecule has 0 aliphatic carbocycles. The Bertz CT molecular complexity index is 1630. The van der Waals surface area contributed by atoms with Crippen molar-refractivity contribution in [3.63, 3.8) is 0 Å². The van der Waals surface area contributed by atoms with E-state index in [1.807, 2.05) is 38.1 Å². The van der Waals surface area contributed by atoms with Crippen LogP contribution in [-0.2, 0) is 0 Å². The van der Waals surface area contributed by atoms with E-state index in [0.717, 1.165) is 16.8 Å². The number of H-pyrrole nitrogens is 2. The predicted octanol–water partition coefficient (Wildman–Crippen LogP) is 5.21. The Hall–Kier alpha value is -5.12. The number of carbonyl (C=O) groups excluding carboxylic acids is 1. The topological polar surface area (TPSA) is 130 Å². The number of urea groups is 1. The van der Waals surface area contributed by atoms with E-state index in [1.54, 1.807) is 47.3 Å². The number of aromatic nitrogens is 5. The van der Waals surface area contributed by atoms with Crippen LogP contribution in [0.15, 0.2) is 78.2 Å². The van der Waals surface area contributed by atoms with Gasteiger partial charge < -0.3 is 15.0 Å². The molecule has 2 aromatic carbocycles. The first-order valence-corrected chi connectivity index (χ1v) is 11.1. The number of nitrogens with one attached hydrogen (secondary N) is 4. The molecule has 0 atom stereocenters. The molecule has 0 bridgehead atoms.